The summed E-state index contributed by atoms with van der Waals surface area (Å²) in [6.07, 6.45) is 1.58. The highest BCUT2D eigenvalue weighted by Crippen LogP contribution is 2.21. The van der Waals surface area contributed by atoms with Crippen LogP contribution in [0.5, 0.6) is 0 Å². The molecule has 1 heterocycles. The van der Waals surface area contributed by atoms with E-state index in [1.165, 1.54) is 19.2 Å². The second-order valence-electron chi connectivity index (χ2n) is 5.03. The van der Waals surface area contributed by atoms with Crippen LogP contribution in [0.1, 0.15) is 18.4 Å². The molecule has 0 bridgehead atoms. The van der Waals surface area contributed by atoms with Crippen molar-refractivity contribution in [3.63, 3.8) is 0 Å². The third-order valence-corrected chi connectivity index (χ3v) is 3.58. The van der Waals surface area contributed by atoms with Crippen LogP contribution in [0.15, 0.2) is 18.2 Å². The Hall–Kier alpha value is -2.13. The molecule has 0 unspecified atom stereocenters. The average molecular weight is 291 g/mol. The van der Waals surface area contributed by atoms with Gasteiger partial charge in [-0.3, -0.25) is 4.79 Å². The third-order valence-electron chi connectivity index (χ3n) is 3.58. The normalized spacial score (nSPS) is 15.6. The van der Waals surface area contributed by atoms with Crippen molar-refractivity contribution in [1.29, 1.82) is 5.26 Å². The van der Waals surface area contributed by atoms with E-state index in [4.69, 9.17) is 10.00 Å². The molecule has 0 spiro atoms. The van der Waals surface area contributed by atoms with Gasteiger partial charge in [-0.1, -0.05) is 0 Å². The number of hydrogen-bond acceptors (Lipinski definition) is 4. The Morgan fingerprint density at radius 3 is 2.86 bits per heavy atom. The van der Waals surface area contributed by atoms with Gasteiger partial charge >= 0.3 is 0 Å². The predicted octanol–water partition coefficient (Wildman–Crippen LogP) is 1.75. The number of amides is 1. The molecule has 6 heteroatoms. The van der Waals surface area contributed by atoms with Crippen molar-refractivity contribution in [3.05, 3.63) is 29.6 Å². The van der Waals surface area contributed by atoms with Gasteiger partial charge in [0.1, 0.15) is 18.5 Å². The van der Waals surface area contributed by atoms with E-state index in [2.05, 4.69) is 5.32 Å². The Labute approximate surface area is 123 Å². The maximum absolute atomic E-state index is 13.1. The molecule has 1 amide bonds. The van der Waals surface area contributed by atoms with Crippen LogP contribution in [0, 0.1) is 17.1 Å². The fourth-order valence-electron chi connectivity index (χ4n) is 2.44. The number of halogens is 1. The van der Waals surface area contributed by atoms with Crippen molar-refractivity contribution in [2.24, 2.45) is 0 Å². The lowest BCUT2D eigenvalue weighted by Gasteiger charge is -2.33. The summed E-state index contributed by atoms with van der Waals surface area (Å²) >= 11 is 0. The molecule has 1 aromatic rings. The lowest BCUT2D eigenvalue weighted by atomic mass is 10.0. The van der Waals surface area contributed by atoms with E-state index in [1.807, 2.05) is 6.07 Å². The van der Waals surface area contributed by atoms with E-state index < -0.39 is 5.82 Å². The second kappa shape index (κ2) is 7.04. The Balaban J connectivity index is 1.92. The predicted molar refractivity (Wildman–Crippen MR) is 76.2 cm³/mol. The number of carbonyl (C=O) groups excluding carboxylic acids is 1. The van der Waals surface area contributed by atoms with Gasteiger partial charge in [0.15, 0.2) is 0 Å². The van der Waals surface area contributed by atoms with Crippen LogP contribution in [-0.2, 0) is 9.53 Å². The van der Waals surface area contributed by atoms with Crippen LogP contribution in [0.4, 0.5) is 10.1 Å². The summed E-state index contributed by atoms with van der Waals surface area (Å²) in [5, 5.41) is 12.3. The fraction of sp³-hybridized carbons (Fsp3) is 0.467. The maximum Gasteiger partial charge on any atom is 0.248 e. The number of hydrogen-bond donors (Lipinski definition) is 1. The number of ether oxygens (including phenoxy) is 1. The van der Waals surface area contributed by atoms with Gasteiger partial charge in [-0.25, -0.2) is 4.39 Å². The topological polar surface area (TPSA) is 65.4 Å². The molecule has 1 aliphatic rings. The Bertz CT molecular complexity index is 548. The first-order valence-electron chi connectivity index (χ1n) is 6.87. The van der Waals surface area contributed by atoms with E-state index in [0.29, 0.717) is 24.3 Å². The maximum atomic E-state index is 13.1. The van der Waals surface area contributed by atoms with Crippen LogP contribution in [-0.4, -0.2) is 43.7 Å². The molecular weight excluding hydrogens is 273 g/mol. The zero-order valence-electron chi connectivity index (χ0n) is 11.9. The number of rotatable bonds is 4. The number of anilines is 1. The average Bonchev–Trinajstić information content (AvgIpc) is 2.50. The molecule has 5 nitrogen and oxygen atoms in total. The van der Waals surface area contributed by atoms with E-state index in [1.54, 1.807) is 11.0 Å². The lowest BCUT2D eigenvalue weighted by Crippen LogP contribution is -2.43. The molecule has 0 atom stereocenters. The van der Waals surface area contributed by atoms with E-state index in [-0.39, 0.29) is 18.6 Å². The summed E-state index contributed by atoms with van der Waals surface area (Å²) in [7, 11) is 1.50. The summed E-state index contributed by atoms with van der Waals surface area (Å²) in [5.74, 6) is -0.424. The van der Waals surface area contributed by atoms with E-state index in [0.717, 1.165) is 12.8 Å². The third kappa shape index (κ3) is 3.92. The van der Waals surface area contributed by atoms with Crippen LogP contribution in [0.2, 0.25) is 0 Å². The highest BCUT2D eigenvalue weighted by molar-refractivity contribution is 5.77. The standard InChI is InChI=1S/C15H18FN3O2/c1-21-10-15(20)19-6-4-13(5-7-19)18-14-3-2-12(16)8-11(14)9-17/h2-3,8,13,18H,4-7,10H2,1H3. The Morgan fingerprint density at radius 2 is 2.24 bits per heavy atom. The van der Waals surface area contributed by atoms with Crippen LogP contribution < -0.4 is 5.32 Å². The number of carbonyl (C=O) groups is 1. The van der Waals surface area contributed by atoms with Crippen LogP contribution in [0.25, 0.3) is 0 Å². The first-order valence-corrected chi connectivity index (χ1v) is 6.87. The van der Waals surface area contributed by atoms with Gasteiger partial charge in [-0.15, -0.1) is 0 Å². The molecular formula is C15H18FN3O2. The molecule has 21 heavy (non-hydrogen) atoms. The molecule has 1 N–H and O–H groups in total. The minimum absolute atomic E-state index is 0.00422. The lowest BCUT2D eigenvalue weighted by molar-refractivity contribution is -0.136. The summed E-state index contributed by atoms with van der Waals surface area (Å²) in [6.45, 7) is 1.42. The monoisotopic (exact) mass is 291 g/mol. The number of likely N-dealkylation sites (tertiary alicyclic amines) is 1. The number of methoxy groups -OCH3 is 1. The smallest absolute Gasteiger partial charge is 0.248 e. The van der Waals surface area contributed by atoms with Gasteiger partial charge in [0.25, 0.3) is 0 Å². The van der Waals surface area contributed by atoms with Crippen molar-refractivity contribution < 1.29 is 13.9 Å². The molecule has 1 aromatic carbocycles. The summed E-state index contributed by atoms with van der Waals surface area (Å²) in [6, 6.07) is 6.30. The van der Waals surface area contributed by atoms with Gasteiger partial charge in [0, 0.05) is 26.2 Å². The highest BCUT2D eigenvalue weighted by atomic mass is 19.1. The SMILES string of the molecule is COCC(=O)N1CCC(Nc2ccc(F)cc2C#N)CC1. The molecule has 2 rings (SSSR count). The number of piperidine rings is 1. The number of nitrogens with zero attached hydrogens (tertiary/aromatic N) is 2. The summed E-state index contributed by atoms with van der Waals surface area (Å²) in [4.78, 5) is 13.5. The molecule has 0 saturated carbocycles. The number of benzene rings is 1. The zero-order valence-corrected chi connectivity index (χ0v) is 11.9. The molecule has 1 aliphatic heterocycles. The Morgan fingerprint density at radius 1 is 1.52 bits per heavy atom. The molecule has 0 aromatic heterocycles. The molecule has 1 saturated heterocycles. The summed E-state index contributed by atoms with van der Waals surface area (Å²) < 4.78 is 17.9. The van der Waals surface area contributed by atoms with Crippen molar-refractivity contribution in [2.75, 3.05) is 32.1 Å². The first kappa shape index (κ1) is 15.3. The van der Waals surface area contributed by atoms with Crippen molar-refractivity contribution >= 4 is 11.6 Å². The highest BCUT2D eigenvalue weighted by Gasteiger charge is 2.23. The molecule has 0 radical (unpaired) electrons. The van der Waals surface area contributed by atoms with Gasteiger partial charge in [0.05, 0.1) is 11.3 Å². The van der Waals surface area contributed by atoms with Gasteiger partial charge in [-0.2, -0.15) is 5.26 Å². The van der Waals surface area contributed by atoms with Crippen molar-refractivity contribution in [3.8, 4) is 6.07 Å². The molecule has 1 fully saturated rings. The largest absolute Gasteiger partial charge is 0.381 e. The van der Waals surface area contributed by atoms with Crippen LogP contribution in [0.3, 0.4) is 0 Å². The van der Waals surface area contributed by atoms with Crippen molar-refractivity contribution in [1.82, 2.24) is 4.90 Å². The molecule has 112 valence electrons. The minimum atomic E-state index is -0.419. The van der Waals surface area contributed by atoms with E-state index in [9.17, 15) is 9.18 Å². The van der Waals surface area contributed by atoms with E-state index >= 15 is 0 Å². The van der Waals surface area contributed by atoms with Gasteiger partial charge < -0.3 is 15.0 Å². The summed E-state index contributed by atoms with van der Waals surface area (Å²) in [5.41, 5.74) is 0.938. The first-order chi connectivity index (χ1) is 10.1. The van der Waals surface area contributed by atoms with Crippen molar-refractivity contribution in [2.45, 2.75) is 18.9 Å². The number of nitriles is 1. The van der Waals surface area contributed by atoms with Gasteiger partial charge in [-0.05, 0) is 31.0 Å². The second-order valence-corrected chi connectivity index (χ2v) is 5.03. The zero-order chi connectivity index (χ0) is 15.2. The Kier molecular flexibility index (Phi) is 5.12. The quantitative estimate of drug-likeness (QED) is 0.918. The molecule has 0 aliphatic carbocycles. The van der Waals surface area contributed by atoms with Crippen LogP contribution >= 0.6 is 0 Å². The fourth-order valence-corrected chi connectivity index (χ4v) is 2.44. The minimum Gasteiger partial charge on any atom is -0.381 e. The van der Waals surface area contributed by atoms with Gasteiger partial charge in [0.2, 0.25) is 5.91 Å². The number of nitrogens with one attached hydrogen (secondary N) is 1.